The Bertz CT molecular complexity index is 246. The first kappa shape index (κ1) is 10.9. The van der Waals surface area contributed by atoms with Gasteiger partial charge in [0.15, 0.2) is 0 Å². The number of nitrogens with two attached hydrogens (primary N) is 1. The van der Waals surface area contributed by atoms with Crippen LogP contribution >= 0.6 is 11.3 Å². The van der Waals surface area contributed by atoms with E-state index >= 15 is 0 Å². The van der Waals surface area contributed by atoms with E-state index in [1.807, 2.05) is 6.07 Å². The van der Waals surface area contributed by atoms with Gasteiger partial charge >= 0.3 is 0 Å². The van der Waals surface area contributed by atoms with Crippen LogP contribution < -0.4 is 5.73 Å². The number of thiophene rings is 1. The molecule has 1 aromatic heterocycles. The molecule has 1 heterocycles. The van der Waals surface area contributed by atoms with Gasteiger partial charge in [-0.2, -0.15) is 0 Å². The Morgan fingerprint density at radius 3 is 2.92 bits per heavy atom. The number of aryl methyl sites for hydroxylation is 1. The Hall–Kier alpha value is -0.190. The normalized spacial score (nSPS) is 13.0. The molecule has 0 bridgehead atoms. The average molecular weight is 217 g/mol. The molecule has 0 fully saturated rings. The van der Waals surface area contributed by atoms with Crippen LogP contribution in [-0.2, 0) is 17.2 Å². The molecule has 0 radical (unpaired) electrons. The molecule has 1 rings (SSSR count). The lowest BCUT2D eigenvalue weighted by molar-refractivity contribution is 0.680. The van der Waals surface area contributed by atoms with Gasteiger partial charge < -0.3 is 5.73 Å². The summed E-state index contributed by atoms with van der Waals surface area (Å²) in [7, 11) is -0.678. The van der Waals surface area contributed by atoms with Crippen molar-refractivity contribution in [3.05, 3.63) is 22.4 Å². The monoisotopic (exact) mass is 217 g/mol. The predicted octanol–water partition coefficient (Wildman–Crippen LogP) is 1.39. The van der Waals surface area contributed by atoms with Crippen LogP contribution in [0.2, 0.25) is 0 Å². The van der Waals surface area contributed by atoms with Crippen molar-refractivity contribution in [3.63, 3.8) is 0 Å². The molecule has 0 saturated heterocycles. The Morgan fingerprint density at radius 2 is 2.31 bits per heavy atom. The summed E-state index contributed by atoms with van der Waals surface area (Å²) in [4.78, 5) is 1.32. The Balaban J connectivity index is 2.15. The van der Waals surface area contributed by atoms with Gasteiger partial charge in [-0.1, -0.05) is 6.07 Å². The number of hydrogen-bond acceptors (Lipinski definition) is 3. The van der Waals surface area contributed by atoms with Gasteiger partial charge in [-0.05, 0) is 30.8 Å². The molecule has 0 aliphatic carbocycles. The van der Waals surface area contributed by atoms with E-state index in [0.717, 1.165) is 24.3 Å². The minimum absolute atomic E-state index is 0.644. The van der Waals surface area contributed by atoms with Crippen molar-refractivity contribution in [2.24, 2.45) is 5.73 Å². The molecule has 4 heteroatoms. The summed E-state index contributed by atoms with van der Waals surface area (Å²) in [5.41, 5.74) is 5.34. The summed E-state index contributed by atoms with van der Waals surface area (Å²) in [5, 5.41) is 2.05. The van der Waals surface area contributed by atoms with E-state index in [4.69, 9.17) is 5.73 Å². The zero-order valence-electron chi connectivity index (χ0n) is 7.57. The maximum Gasteiger partial charge on any atom is 0.0283 e. The lowest BCUT2D eigenvalue weighted by Crippen LogP contribution is -2.09. The summed E-state index contributed by atoms with van der Waals surface area (Å²) in [5.74, 6) is 1.53. The zero-order valence-corrected chi connectivity index (χ0v) is 9.20. The molecular formula is C9H15NOS2. The molecule has 13 heavy (non-hydrogen) atoms. The van der Waals surface area contributed by atoms with Crippen molar-refractivity contribution in [3.8, 4) is 0 Å². The topological polar surface area (TPSA) is 43.1 Å². The Labute approximate surface area is 85.6 Å². The van der Waals surface area contributed by atoms with Gasteiger partial charge in [-0.3, -0.25) is 4.21 Å². The number of hydrogen-bond donors (Lipinski definition) is 1. The van der Waals surface area contributed by atoms with Crippen LogP contribution in [0.25, 0.3) is 0 Å². The molecule has 2 nitrogen and oxygen atoms in total. The highest BCUT2D eigenvalue weighted by atomic mass is 32.2. The van der Waals surface area contributed by atoms with Crippen molar-refractivity contribution in [2.45, 2.75) is 12.8 Å². The first-order chi connectivity index (χ1) is 6.33. The van der Waals surface area contributed by atoms with E-state index in [9.17, 15) is 4.21 Å². The molecule has 0 aromatic carbocycles. The van der Waals surface area contributed by atoms with Gasteiger partial charge in [0.05, 0.1) is 0 Å². The fourth-order valence-corrected chi connectivity index (χ4v) is 2.99. The molecule has 0 aliphatic rings. The molecule has 2 N–H and O–H groups in total. The molecule has 0 spiro atoms. The quantitative estimate of drug-likeness (QED) is 0.782. The second-order valence-electron chi connectivity index (χ2n) is 2.82. The fraction of sp³-hybridized carbons (Fsp3) is 0.556. The van der Waals surface area contributed by atoms with Gasteiger partial charge in [0.1, 0.15) is 0 Å². The minimum atomic E-state index is -0.678. The van der Waals surface area contributed by atoms with E-state index < -0.39 is 10.8 Å². The zero-order chi connectivity index (χ0) is 9.52. The summed E-state index contributed by atoms with van der Waals surface area (Å²) >= 11 is 1.73. The lowest BCUT2D eigenvalue weighted by atomic mass is 10.4. The first-order valence-corrected chi connectivity index (χ1v) is 6.77. The van der Waals surface area contributed by atoms with Crippen molar-refractivity contribution < 1.29 is 4.21 Å². The van der Waals surface area contributed by atoms with Crippen LogP contribution in [0.5, 0.6) is 0 Å². The second-order valence-corrected chi connectivity index (χ2v) is 5.55. The molecule has 0 amide bonds. The highest BCUT2D eigenvalue weighted by Gasteiger charge is 2.00. The smallest absolute Gasteiger partial charge is 0.0283 e. The largest absolute Gasteiger partial charge is 0.330 e. The summed E-state index contributed by atoms with van der Waals surface area (Å²) < 4.78 is 11.4. The van der Waals surface area contributed by atoms with Crippen molar-refractivity contribution in [1.29, 1.82) is 0 Å². The average Bonchev–Trinajstić information content (AvgIpc) is 2.64. The molecule has 0 saturated carbocycles. The van der Waals surface area contributed by atoms with Gasteiger partial charge in [-0.25, -0.2) is 0 Å². The maximum atomic E-state index is 11.4. The number of rotatable bonds is 6. The fourth-order valence-electron chi connectivity index (χ4n) is 1.02. The van der Waals surface area contributed by atoms with E-state index in [0.29, 0.717) is 6.54 Å². The van der Waals surface area contributed by atoms with E-state index in [1.165, 1.54) is 4.88 Å². The third kappa shape index (κ3) is 4.55. The summed E-state index contributed by atoms with van der Waals surface area (Å²) in [6.45, 7) is 0.644. The third-order valence-electron chi connectivity index (χ3n) is 1.73. The molecule has 1 unspecified atom stereocenters. The van der Waals surface area contributed by atoms with Gasteiger partial charge in [0.25, 0.3) is 0 Å². The van der Waals surface area contributed by atoms with Crippen LogP contribution in [0.1, 0.15) is 11.3 Å². The van der Waals surface area contributed by atoms with Gasteiger partial charge in [-0.15, -0.1) is 11.3 Å². The summed E-state index contributed by atoms with van der Waals surface area (Å²) in [6.07, 6.45) is 1.81. The van der Waals surface area contributed by atoms with Crippen LogP contribution in [-0.4, -0.2) is 22.3 Å². The minimum Gasteiger partial charge on any atom is -0.330 e. The van der Waals surface area contributed by atoms with E-state index in [1.54, 1.807) is 11.3 Å². The second kappa shape index (κ2) is 6.29. The van der Waals surface area contributed by atoms with Gasteiger partial charge in [0.2, 0.25) is 0 Å². The third-order valence-corrected chi connectivity index (χ3v) is 4.07. The van der Waals surface area contributed by atoms with Crippen LogP contribution in [0, 0.1) is 0 Å². The van der Waals surface area contributed by atoms with Gasteiger partial charge in [0, 0.05) is 27.2 Å². The van der Waals surface area contributed by atoms with Crippen molar-refractivity contribution >= 4 is 22.1 Å². The molecule has 0 aliphatic heterocycles. The van der Waals surface area contributed by atoms with Crippen molar-refractivity contribution in [1.82, 2.24) is 0 Å². The van der Waals surface area contributed by atoms with E-state index in [2.05, 4.69) is 11.4 Å². The SMILES string of the molecule is NCCCS(=O)CCc1cccs1. The standard InChI is InChI=1S/C9H15NOS2/c10-5-2-7-13(11)8-4-9-3-1-6-12-9/h1,3,6H,2,4-5,7-8,10H2. The Kier molecular flexibility index (Phi) is 5.27. The van der Waals surface area contributed by atoms with Crippen LogP contribution in [0.3, 0.4) is 0 Å². The highest BCUT2D eigenvalue weighted by Crippen LogP contribution is 2.09. The molecule has 1 atom stereocenters. The highest BCUT2D eigenvalue weighted by molar-refractivity contribution is 7.84. The first-order valence-electron chi connectivity index (χ1n) is 4.40. The predicted molar refractivity (Wildman–Crippen MR) is 59.6 cm³/mol. The molecule has 1 aromatic rings. The maximum absolute atomic E-state index is 11.4. The Morgan fingerprint density at radius 1 is 1.46 bits per heavy atom. The molecular weight excluding hydrogens is 202 g/mol. The van der Waals surface area contributed by atoms with Crippen LogP contribution in [0.4, 0.5) is 0 Å². The van der Waals surface area contributed by atoms with E-state index in [-0.39, 0.29) is 0 Å². The van der Waals surface area contributed by atoms with Crippen molar-refractivity contribution in [2.75, 3.05) is 18.1 Å². The molecule has 74 valence electrons. The summed E-state index contributed by atoms with van der Waals surface area (Å²) in [6, 6.07) is 4.12. The lowest BCUT2D eigenvalue weighted by Gasteiger charge is -1.99. The van der Waals surface area contributed by atoms with Crippen LogP contribution in [0.15, 0.2) is 17.5 Å².